The van der Waals surface area contributed by atoms with Crippen LogP contribution >= 0.6 is 15.9 Å². The lowest BCUT2D eigenvalue weighted by atomic mass is 9.90. The Morgan fingerprint density at radius 3 is 2.63 bits per heavy atom. The van der Waals surface area contributed by atoms with E-state index in [0.717, 1.165) is 28.0 Å². The van der Waals surface area contributed by atoms with E-state index in [2.05, 4.69) is 22.0 Å². The SMILES string of the molecule is O=C1CCc2cc(Br)cc(Oc3ccccc3)c2C1. The second-order valence-electron chi connectivity index (χ2n) is 4.67. The second-order valence-corrected chi connectivity index (χ2v) is 5.59. The molecule has 0 radical (unpaired) electrons. The molecule has 0 unspecified atom stereocenters. The molecule has 0 saturated carbocycles. The predicted molar refractivity (Wildman–Crippen MR) is 77.7 cm³/mol. The van der Waals surface area contributed by atoms with E-state index < -0.39 is 0 Å². The maximum atomic E-state index is 11.6. The lowest BCUT2D eigenvalue weighted by Crippen LogP contribution is -2.14. The molecule has 2 aromatic rings. The van der Waals surface area contributed by atoms with E-state index in [9.17, 15) is 4.79 Å². The van der Waals surface area contributed by atoms with Gasteiger partial charge in [-0.2, -0.15) is 0 Å². The van der Waals surface area contributed by atoms with Gasteiger partial charge in [0.1, 0.15) is 17.3 Å². The molecule has 1 aliphatic rings. The number of ether oxygens (including phenoxy) is 1. The van der Waals surface area contributed by atoms with E-state index in [0.29, 0.717) is 12.8 Å². The van der Waals surface area contributed by atoms with Crippen LogP contribution in [0.25, 0.3) is 0 Å². The fourth-order valence-electron chi connectivity index (χ4n) is 2.36. The van der Waals surface area contributed by atoms with Crippen molar-refractivity contribution in [3.63, 3.8) is 0 Å². The summed E-state index contributed by atoms with van der Waals surface area (Å²) in [6.07, 6.45) is 1.91. The van der Waals surface area contributed by atoms with E-state index in [1.54, 1.807) is 0 Å². The van der Waals surface area contributed by atoms with Gasteiger partial charge in [-0.15, -0.1) is 0 Å². The average molecular weight is 317 g/mol. The fourth-order valence-corrected chi connectivity index (χ4v) is 2.84. The molecule has 0 heterocycles. The Hall–Kier alpha value is -1.61. The number of ketones is 1. The Labute approximate surface area is 120 Å². The number of benzene rings is 2. The van der Waals surface area contributed by atoms with Gasteiger partial charge in [0.25, 0.3) is 0 Å². The number of rotatable bonds is 2. The molecule has 0 amide bonds. The molecule has 3 heteroatoms. The van der Waals surface area contributed by atoms with E-state index >= 15 is 0 Å². The van der Waals surface area contributed by atoms with Gasteiger partial charge >= 0.3 is 0 Å². The molecule has 0 saturated heterocycles. The summed E-state index contributed by atoms with van der Waals surface area (Å²) < 4.78 is 6.92. The largest absolute Gasteiger partial charge is 0.457 e. The van der Waals surface area contributed by atoms with Crippen molar-refractivity contribution < 1.29 is 9.53 Å². The molecule has 3 rings (SSSR count). The number of hydrogen-bond donors (Lipinski definition) is 0. The van der Waals surface area contributed by atoms with Crippen molar-refractivity contribution in [2.24, 2.45) is 0 Å². The van der Waals surface area contributed by atoms with E-state index in [1.807, 2.05) is 36.4 Å². The Bertz CT molecular complexity index is 620. The molecule has 0 spiro atoms. The third-order valence-corrected chi connectivity index (χ3v) is 3.74. The number of hydrogen-bond acceptors (Lipinski definition) is 2. The second kappa shape index (κ2) is 5.17. The first-order chi connectivity index (χ1) is 9.22. The van der Waals surface area contributed by atoms with Crippen LogP contribution in [0.3, 0.4) is 0 Å². The monoisotopic (exact) mass is 316 g/mol. The lowest BCUT2D eigenvalue weighted by molar-refractivity contribution is -0.118. The van der Waals surface area contributed by atoms with Crippen molar-refractivity contribution in [1.29, 1.82) is 0 Å². The van der Waals surface area contributed by atoms with Crippen LogP contribution in [0.5, 0.6) is 11.5 Å². The highest BCUT2D eigenvalue weighted by atomic mass is 79.9. The van der Waals surface area contributed by atoms with Crippen LogP contribution < -0.4 is 4.74 Å². The molecule has 1 aliphatic carbocycles. The fraction of sp³-hybridized carbons (Fsp3) is 0.188. The smallest absolute Gasteiger partial charge is 0.137 e. The molecular formula is C16H13BrO2. The van der Waals surface area contributed by atoms with Gasteiger partial charge in [-0.3, -0.25) is 4.79 Å². The molecule has 0 N–H and O–H groups in total. The van der Waals surface area contributed by atoms with Crippen LogP contribution in [0.15, 0.2) is 46.9 Å². The zero-order valence-electron chi connectivity index (χ0n) is 10.4. The molecule has 0 atom stereocenters. The van der Waals surface area contributed by atoms with Gasteiger partial charge in [-0.05, 0) is 36.2 Å². The van der Waals surface area contributed by atoms with Crippen molar-refractivity contribution in [1.82, 2.24) is 0 Å². The van der Waals surface area contributed by atoms with Crippen molar-refractivity contribution in [3.8, 4) is 11.5 Å². The third kappa shape index (κ3) is 2.71. The number of halogens is 1. The maximum absolute atomic E-state index is 11.6. The van der Waals surface area contributed by atoms with E-state index in [4.69, 9.17) is 4.74 Å². The average Bonchev–Trinajstić information content (AvgIpc) is 2.41. The number of para-hydroxylation sites is 1. The van der Waals surface area contributed by atoms with Gasteiger partial charge in [0.2, 0.25) is 0 Å². The highest BCUT2D eigenvalue weighted by Gasteiger charge is 2.20. The highest BCUT2D eigenvalue weighted by molar-refractivity contribution is 9.10. The van der Waals surface area contributed by atoms with Crippen LogP contribution in [-0.4, -0.2) is 5.78 Å². The minimum Gasteiger partial charge on any atom is -0.457 e. The molecule has 96 valence electrons. The number of carbonyl (C=O) groups is 1. The highest BCUT2D eigenvalue weighted by Crippen LogP contribution is 2.34. The number of Topliss-reactive ketones (excluding diaryl/α,β-unsaturated/α-hetero) is 1. The zero-order valence-corrected chi connectivity index (χ0v) is 11.9. The first-order valence-corrected chi connectivity index (χ1v) is 7.07. The van der Waals surface area contributed by atoms with Gasteiger partial charge < -0.3 is 4.74 Å². The zero-order chi connectivity index (χ0) is 13.2. The molecule has 2 aromatic carbocycles. The summed E-state index contributed by atoms with van der Waals surface area (Å²) in [5.41, 5.74) is 2.24. The summed E-state index contributed by atoms with van der Waals surface area (Å²) in [5.74, 6) is 1.86. The number of aryl methyl sites for hydroxylation is 1. The number of fused-ring (bicyclic) bond motifs is 1. The van der Waals surface area contributed by atoms with Crippen molar-refractivity contribution in [2.45, 2.75) is 19.3 Å². The van der Waals surface area contributed by atoms with Gasteiger partial charge in [0, 0.05) is 22.9 Å². The lowest BCUT2D eigenvalue weighted by Gasteiger charge is -2.19. The molecule has 2 nitrogen and oxygen atoms in total. The Balaban J connectivity index is 2.01. The normalized spacial score (nSPS) is 14.1. The molecular weight excluding hydrogens is 304 g/mol. The van der Waals surface area contributed by atoms with Gasteiger partial charge in [0.05, 0.1) is 0 Å². The first-order valence-electron chi connectivity index (χ1n) is 6.28. The van der Waals surface area contributed by atoms with Crippen molar-refractivity contribution in [2.75, 3.05) is 0 Å². The van der Waals surface area contributed by atoms with Crippen LogP contribution in [0.4, 0.5) is 0 Å². The minimum atomic E-state index is 0.285. The summed E-state index contributed by atoms with van der Waals surface area (Å²) in [6.45, 7) is 0. The maximum Gasteiger partial charge on any atom is 0.137 e. The van der Waals surface area contributed by atoms with Gasteiger partial charge in [0.15, 0.2) is 0 Å². The molecule has 0 aromatic heterocycles. The van der Waals surface area contributed by atoms with Crippen molar-refractivity contribution >= 4 is 21.7 Å². The summed E-state index contributed by atoms with van der Waals surface area (Å²) in [4.78, 5) is 11.6. The quantitative estimate of drug-likeness (QED) is 0.825. The number of carbonyl (C=O) groups excluding carboxylic acids is 1. The Kier molecular flexibility index (Phi) is 3.38. The third-order valence-electron chi connectivity index (χ3n) is 3.28. The van der Waals surface area contributed by atoms with E-state index in [-0.39, 0.29) is 5.78 Å². The molecule has 0 fully saturated rings. The van der Waals surface area contributed by atoms with Crippen LogP contribution in [0.1, 0.15) is 17.5 Å². The van der Waals surface area contributed by atoms with Crippen LogP contribution in [-0.2, 0) is 17.6 Å². The van der Waals surface area contributed by atoms with E-state index in [1.165, 1.54) is 5.56 Å². The molecule has 0 bridgehead atoms. The summed E-state index contributed by atoms with van der Waals surface area (Å²) in [6, 6.07) is 13.7. The first kappa shape index (κ1) is 12.4. The molecule has 0 aliphatic heterocycles. The standard InChI is InChI=1S/C16H13BrO2/c17-12-8-11-6-7-13(18)10-15(11)16(9-12)19-14-4-2-1-3-5-14/h1-5,8-9H,6-7,10H2. The van der Waals surface area contributed by atoms with Crippen molar-refractivity contribution in [3.05, 3.63) is 58.1 Å². The van der Waals surface area contributed by atoms with Gasteiger partial charge in [-0.1, -0.05) is 34.1 Å². The van der Waals surface area contributed by atoms with Crippen LogP contribution in [0.2, 0.25) is 0 Å². The summed E-state index contributed by atoms with van der Waals surface area (Å²) in [7, 11) is 0. The predicted octanol–water partition coefficient (Wildman–Crippen LogP) is 4.30. The summed E-state index contributed by atoms with van der Waals surface area (Å²) >= 11 is 3.50. The Morgan fingerprint density at radius 2 is 1.84 bits per heavy atom. The van der Waals surface area contributed by atoms with Crippen LogP contribution in [0, 0.1) is 0 Å². The summed E-state index contributed by atoms with van der Waals surface area (Å²) in [5, 5.41) is 0. The minimum absolute atomic E-state index is 0.285. The van der Waals surface area contributed by atoms with Gasteiger partial charge in [-0.25, -0.2) is 0 Å². The molecule has 19 heavy (non-hydrogen) atoms. The topological polar surface area (TPSA) is 26.3 Å². The Morgan fingerprint density at radius 1 is 1.05 bits per heavy atom.